The van der Waals surface area contributed by atoms with Crippen LogP contribution in [0.5, 0.6) is 5.75 Å². The fraction of sp³-hybridized carbons (Fsp3) is 0.630. The molecule has 0 bridgehead atoms. The van der Waals surface area contributed by atoms with E-state index in [-0.39, 0.29) is 0 Å². The van der Waals surface area contributed by atoms with E-state index in [2.05, 4.69) is 37.1 Å². The molecule has 1 heterocycles. The first kappa shape index (κ1) is 26.2. The Morgan fingerprint density at radius 3 is 2.47 bits per heavy atom. The maximum Gasteiger partial charge on any atom is 0.414 e. The van der Waals surface area contributed by atoms with Gasteiger partial charge in [-0.1, -0.05) is 18.6 Å². The molecule has 3 N–H and O–H groups in total. The fourth-order valence-electron chi connectivity index (χ4n) is 6.15. The standard InChI is InChI=1S/C25H38N2O.C2H2O4/c1-5-27-14-8-9-19(27)16-26-13-12-22-20-10-6-7-11-21(20)23-17(2)15-18(3)25(28-4)24(22)23;3-1(4)2(5)6/h15,19,22,26H,5-14,16H2,1-4H3;(H,3,4)(H,5,6). The number of allylic oxidation sites excluding steroid dienone is 2. The zero-order chi connectivity index (χ0) is 24.8. The lowest BCUT2D eigenvalue weighted by atomic mass is 9.85. The van der Waals surface area contributed by atoms with Crippen molar-refractivity contribution in [1.82, 2.24) is 10.2 Å². The Bertz CT molecular complexity index is 927. The summed E-state index contributed by atoms with van der Waals surface area (Å²) in [5, 5.41) is 18.6. The normalized spacial score (nSPS) is 21.5. The minimum atomic E-state index is -1.82. The summed E-state index contributed by atoms with van der Waals surface area (Å²) in [5.74, 6) is -1.95. The van der Waals surface area contributed by atoms with Gasteiger partial charge in [0, 0.05) is 24.1 Å². The second kappa shape index (κ2) is 11.8. The van der Waals surface area contributed by atoms with Gasteiger partial charge in [-0.05, 0) is 101 Å². The molecule has 0 saturated carbocycles. The van der Waals surface area contributed by atoms with Gasteiger partial charge in [0.05, 0.1) is 7.11 Å². The summed E-state index contributed by atoms with van der Waals surface area (Å²) < 4.78 is 5.94. The Labute approximate surface area is 203 Å². The van der Waals surface area contributed by atoms with E-state index in [1.165, 1.54) is 80.3 Å². The Morgan fingerprint density at radius 2 is 1.82 bits per heavy atom. The number of likely N-dealkylation sites (N-methyl/N-ethyl adjacent to an activating group) is 1. The van der Waals surface area contributed by atoms with Crippen LogP contribution >= 0.6 is 0 Å². The molecule has 3 aliphatic rings. The molecule has 7 nitrogen and oxygen atoms in total. The summed E-state index contributed by atoms with van der Waals surface area (Å²) in [6.45, 7) is 11.5. The molecule has 1 fully saturated rings. The van der Waals surface area contributed by atoms with Gasteiger partial charge in [-0.25, -0.2) is 9.59 Å². The number of carbonyl (C=O) groups is 2. The van der Waals surface area contributed by atoms with Crippen molar-refractivity contribution in [2.45, 2.75) is 77.7 Å². The minimum Gasteiger partial charge on any atom is -0.496 e. The number of likely N-dealkylation sites (tertiary alicyclic amines) is 1. The van der Waals surface area contributed by atoms with Gasteiger partial charge in [0.2, 0.25) is 0 Å². The lowest BCUT2D eigenvalue weighted by Gasteiger charge is -2.25. The maximum absolute atomic E-state index is 9.10. The SMILES string of the molecule is CCN1CCCC1CNCCC1C2=C(CCCC2)c2c(C)cc(C)c(OC)c21.O=C(O)C(=O)O. The number of hydrogen-bond donors (Lipinski definition) is 3. The van der Waals surface area contributed by atoms with Crippen molar-refractivity contribution in [3.8, 4) is 5.75 Å². The van der Waals surface area contributed by atoms with Crippen LogP contribution in [0.15, 0.2) is 11.6 Å². The van der Waals surface area contributed by atoms with E-state index < -0.39 is 11.9 Å². The summed E-state index contributed by atoms with van der Waals surface area (Å²) in [6.07, 6.45) is 9.15. The number of benzene rings is 1. The van der Waals surface area contributed by atoms with E-state index in [1.807, 2.05) is 7.11 Å². The third-order valence-corrected chi connectivity index (χ3v) is 7.56. The van der Waals surface area contributed by atoms with Crippen molar-refractivity contribution < 1.29 is 24.5 Å². The molecule has 2 aliphatic carbocycles. The molecule has 1 aromatic carbocycles. The fourth-order valence-corrected chi connectivity index (χ4v) is 6.15. The van der Waals surface area contributed by atoms with Crippen molar-refractivity contribution >= 4 is 17.5 Å². The third kappa shape index (κ3) is 5.63. The highest BCUT2D eigenvalue weighted by Gasteiger charge is 2.36. The summed E-state index contributed by atoms with van der Waals surface area (Å²) in [4.78, 5) is 20.8. The zero-order valence-electron chi connectivity index (χ0n) is 21.1. The van der Waals surface area contributed by atoms with Gasteiger partial charge in [0.15, 0.2) is 0 Å². The molecule has 0 spiro atoms. The number of ether oxygens (including phenoxy) is 1. The Morgan fingerprint density at radius 1 is 1.12 bits per heavy atom. The molecule has 1 aromatic rings. The van der Waals surface area contributed by atoms with Crippen LogP contribution in [0.2, 0.25) is 0 Å². The number of aryl methyl sites for hydroxylation is 2. The summed E-state index contributed by atoms with van der Waals surface area (Å²) in [7, 11) is 1.85. The first-order valence-electron chi connectivity index (χ1n) is 12.6. The molecule has 2 atom stereocenters. The number of fused-ring (bicyclic) bond motifs is 2. The highest BCUT2D eigenvalue weighted by Crippen LogP contribution is 2.54. The van der Waals surface area contributed by atoms with Gasteiger partial charge in [0.1, 0.15) is 5.75 Å². The molecule has 1 aliphatic heterocycles. The van der Waals surface area contributed by atoms with Crippen LogP contribution in [-0.2, 0) is 9.59 Å². The van der Waals surface area contributed by atoms with Gasteiger partial charge in [-0.15, -0.1) is 0 Å². The van der Waals surface area contributed by atoms with Crippen molar-refractivity contribution in [2.75, 3.05) is 33.3 Å². The highest BCUT2D eigenvalue weighted by atomic mass is 16.5. The molecule has 0 radical (unpaired) electrons. The highest BCUT2D eigenvalue weighted by molar-refractivity contribution is 6.27. The zero-order valence-corrected chi connectivity index (χ0v) is 21.1. The monoisotopic (exact) mass is 472 g/mol. The summed E-state index contributed by atoms with van der Waals surface area (Å²) >= 11 is 0. The maximum atomic E-state index is 9.10. The van der Waals surface area contributed by atoms with E-state index in [0.717, 1.165) is 24.9 Å². The largest absolute Gasteiger partial charge is 0.496 e. The average Bonchev–Trinajstić information content (AvgIpc) is 3.40. The van der Waals surface area contributed by atoms with Gasteiger partial charge in [0.25, 0.3) is 0 Å². The van der Waals surface area contributed by atoms with Crippen LogP contribution in [0.4, 0.5) is 0 Å². The van der Waals surface area contributed by atoms with Crippen LogP contribution in [0, 0.1) is 13.8 Å². The molecule has 2 unspecified atom stereocenters. The van der Waals surface area contributed by atoms with E-state index in [9.17, 15) is 0 Å². The molecule has 1 saturated heterocycles. The minimum absolute atomic E-state index is 0.553. The quantitative estimate of drug-likeness (QED) is 0.401. The number of aliphatic carboxylic acids is 2. The summed E-state index contributed by atoms with van der Waals surface area (Å²) in [5.41, 5.74) is 9.17. The van der Waals surface area contributed by atoms with Crippen molar-refractivity contribution in [2.24, 2.45) is 0 Å². The topological polar surface area (TPSA) is 99.1 Å². The number of hydrogen-bond acceptors (Lipinski definition) is 5. The van der Waals surface area contributed by atoms with Crippen molar-refractivity contribution in [3.05, 3.63) is 33.9 Å². The second-order valence-electron chi connectivity index (χ2n) is 9.62. The van der Waals surface area contributed by atoms with Gasteiger partial charge < -0.3 is 20.3 Å². The van der Waals surface area contributed by atoms with Gasteiger partial charge >= 0.3 is 11.9 Å². The van der Waals surface area contributed by atoms with E-state index in [4.69, 9.17) is 24.5 Å². The molecular weight excluding hydrogens is 432 g/mol. The van der Waals surface area contributed by atoms with Gasteiger partial charge in [-0.2, -0.15) is 0 Å². The van der Waals surface area contributed by atoms with E-state index in [1.54, 1.807) is 11.1 Å². The van der Waals surface area contributed by atoms with Crippen LogP contribution in [0.25, 0.3) is 5.57 Å². The molecule has 0 amide bonds. The Kier molecular flexibility index (Phi) is 9.14. The third-order valence-electron chi connectivity index (χ3n) is 7.56. The van der Waals surface area contributed by atoms with Crippen molar-refractivity contribution in [1.29, 1.82) is 0 Å². The van der Waals surface area contributed by atoms with Crippen LogP contribution in [-0.4, -0.2) is 66.4 Å². The second-order valence-corrected chi connectivity index (χ2v) is 9.62. The predicted molar refractivity (Wildman–Crippen MR) is 134 cm³/mol. The number of methoxy groups -OCH3 is 1. The average molecular weight is 473 g/mol. The lowest BCUT2D eigenvalue weighted by Crippen LogP contribution is -2.38. The molecule has 0 aromatic heterocycles. The number of nitrogens with zero attached hydrogens (tertiary/aromatic N) is 1. The van der Waals surface area contributed by atoms with Gasteiger partial charge in [-0.3, -0.25) is 4.90 Å². The first-order chi connectivity index (χ1) is 16.3. The molecule has 34 heavy (non-hydrogen) atoms. The molecule has 7 heteroatoms. The Balaban J connectivity index is 0.000000481. The summed E-state index contributed by atoms with van der Waals surface area (Å²) in [6, 6.07) is 3.07. The molecular formula is C27H40N2O5. The number of nitrogens with one attached hydrogen (secondary N) is 1. The van der Waals surface area contributed by atoms with E-state index in [0.29, 0.717) is 5.92 Å². The van der Waals surface area contributed by atoms with Crippen LogP contribution in [0.1, 0.15) is 80.0 Å². The first-order valence-corrected chi connectivity index (χ1v) is 12.6. The van der Waals surface area contributed by atoms with E-state index >= 15 is 0 Å². The number of carboxylic acid groups (broad SMARTS) is 2. The van der Waals surface area contributed by atoms with Crippen LogP contribution in [0.3, 0.4) is 0 Å². The number of carboxylic acids is 2. The number of rotatable bonds is 7. The Hall–Kier alpha value is -2.38. The predicted octanol–water partition coefficient (Wildman–Crippen LogP) is 4.36. The smallest absolute Gasteiger partial charge is 0.414 e. The molecule has 188 valence electrons. The van der Waals surface area contributed by atoms with Crippen molar-refractivity contribution in [3.63, 3.8) is 0 Å². The molecule has 4 rings (SSSR count). The lowest BCUT2D eigenvalue weighted by molar-refractivity contribution is -0.159. The van der Waals surface area contributed by atoms with Crippen LogP contribution < -0.4 is 10.1 Å².